The van der Waals surface area contributed by atoms with Gasteiger partial charge in [-0.25, -0.2) is 9.97 Å². The van der Waals surface area contributed by atoms with Gasteiger partial charge in [0.1, 0.15) is 5.82 Å². The van der Waals surface area contributed by atoms with Crippen LogP contribution in [0.15, 0.2) is 47.7 Å². The van der Waals surface area contributed by atoms with E-state index in [1.165, 1.54) is 25.6 Å². The maximum absolute atomic E-state index is 11.2. The lowest BCUT2D eigenvalue weighted by atomic mass is 10.1. The third-order valence-electron chi connectivity index (χ3n) is 2.91. The predicted molar refractivity (Wildman–Crippen MR) is 85.5 cm³/mol. The van der Waals surface area contributed by atoms with Crippen molar-refractivity contribution in [2.45, 2.75) is 0 Å². The van der Waals surface area contributed by atoms with Gasteiger partial charge in [0.25, 0.3) is 0 Å². The first-order chi connectivity index (χ1) is 11.2. The number of rotatable bonds is 7. The second kappa shape index (κ2) is 7.55. The Morgan fingerprint density at radius 2 is 2.17 bits per heavy atom. The zero-order valence-electron chi connectivity index (χ0n) is 12.2. The Balaban J connectivity index is 2.39. The molecule has 0 saturated heterocycles. The minimum absolute atomic E-state index is 0.0837. The Bertz CT molecular complexity index is 756. The molecule has 0 fully saturated rings. The third-order valence-corrected chi connectivity index (χ3v) is 2.91. The number of aromatic nitrogens is 2. The molecule has 2 aromatic heterocycles. The zero-order chi connectivity index (χ0) is 16.7. The van der Waals surface area contributed by atoms with Crippen LogP contribution in [0.2, 0.25) is 0 Å². The number of carbonyl (C=O) groups is 1. The second-order valence-electron chi connectivity index (χ2n) is 4.30. The van der Waals surface area contributed by atoms with Gasteiger partial charge in [-0.3, -0.25) is 4.79 Å². The van der Waals surface area contributed by atoms with Crippen LogP contribution in [0.1, 0.15) is 15.9 Å². The number of ether oxygens (including phenoxy) is 1. The number of allylic oxidation sites excluding steroid dienone is 1. The highest BCUT2D eigenvalue weighted by atomic mass is 16.5. The summed E-state index contributed by atoms with van der Waals surface area (Å²) in [6.45, 7) is 0. The van der Waals surface area contributed by atoms with E-state index in [-0.39, 0.29) is 11.4 Å². The number of nitrogens with zero attached hydrogens (tertiary/aromatic N) is 3. The number of pyridine rings is 2. The van der Waals surface area contributed by atoms with Gasteiger partial charge >= 0.3 is 0 Å². The lowest BCUT2D eigenvalue weighted by Crippen LogP contribution is -2.04. The first-order valence-corrected chi connectivity index (χ1v) is 6.48. The SMILES string of the molecule is COc1cc(/C(C=N)=C(\N=O)Nc2ccc(C=O)cn2)ccn1. The van der Waals surface area contributed by atoms with E-state index in [1.807, 2.05) is 0 Å². The van der Waals surface area contributed by atoms with Crippen molar-refractivity contribution in [1.29, 1.82) is 5.41 Å². The summed E-state index contributed by atoms with van der Waals surface area (Å²) in [5.41, 5.74) is 1.20. The third kappa shape index (κ3) is 3.82. The molecule has 2 N–H and O–H groups in total. The molecule has 0 bridgehead atoms. The fourth-order valence-electron chi connectivity index (χ4n) is 1.79. The van der Waals surface area contributed by atoms with Gasteiger partial charge in [-0.2, -0.15) is 0 Å². The van der Waals surface area contributed by atoms with Crippen LogP contribution in [0.25, 0.3) is 5.57 Å². The number of hydrogen-bond acceptors (Lipinski definition) is 8. The average molecular weight is 311 g/mol. The summed E-state index contributed by atoms with van der Waals surface area (Å²) in [5.74, 6) is 0.589. The summed E-state index contributed by atoms with van der Waals surface area (Å²) in [6.07, 6.45) is 4.52. The van der Waals surface area contributed by atoms with Gasteiger partial charge in [-0.1, -0.05) is 0 Å². The molecule has 0 atom stereocenters. The van der Waals surface area contributed by atoms with E-state index in [2.05, 4.69) is 20.5 Å². The molecule has 23 heavy (non-hydrogen) atoms. The van der Waals surface area contributed by atoms with Crippen molar-refractivity contribution in [3.05, 3.63) is 58.5 Å². The fraction of sp³-hybridized carbons (Fsp3) is 0.0667. The zero-order valence-corrected chi connectivity index (χ0v) is 12.2. The smallest absolute Gasteiger partial charge is 0.213 e. The highest BCUT2D eigenvalue weighted by Gasteiger charge is 2.11. The Kier molecular flexibility index (Phi) is 5.24. The molecule has 0 unspecified atom stereocenters. The molecule has 0 aliphatic heterocycles. The standard InChI is InChI=1S/C15H13N5O3/c1-23-14-6-11(4-5-17-14)12(7-16)15(20-22)19-13-3-2-10(9-21)8-18-13/h2-9,16H,1H3,(H,18,19)/b15-12-,16-7?. The Hall–Kier alpha value is -3.42. The molecule has 2 heterocycles. The minimum atomic E-state index is -0.0837. The molecule has 0 aromatic carbocycles. The quantitative estimate of drug-likeness (QED) is 0.461. The molecular weight excluding hydrogens is 298 g/mol. The molecule has 2 rings (SSSR count). The molecule has 0 aliphatic rings. The van der Waals surface area contributed by atoms with Crippen LogP contribution in [-0.4, -0.2) is 29.6 Å². The number of anilines is 1. The van der Waals surface area contributed by atoms with Crippen molar-refractivity contribution in [2.75, 3.05) is 12.4 Å². The van der Waals surface area contributed by atoms with Crippen molar-refractivity contribution < 1.29 is 9.53 Å². The summed E-state index contributed by atoms with van der Waals surface area (Å²) in [4.78, 5) is 29.7. The maximum atomic E-state index is 11.2. The number of nitroso groups, excluding NO2 is 1. The normalized spacial score (nSPS) is 11.2. The molecule has 0 spiro atoms. The first kappa shape index (κ1) is 16.0. The molecule has 0 amide bonds. The predicted octanol–water partition coefficient (Wildman–Crippen LogP) is 2.49. The number of aldehydes is 1. The highest BCUT2D eigenvalue weighted by Crippen LogP contribution is 2.21. The number of carbonyl (C=O) groups excluding carboxylic acids is 1. The molecule has 116 valence electrons. The monoisotopic (exact) mass is 311 g/mol. The fourth-order valence-corrected chi connectivity index (χ4v) is 1.79. The van der Waals surface area contributed by atoms with E-state index < -0.39 is 0 Å². The molecule has 0 saturated carbocycles. The van der Waals surface area contributed by atoms with Gasteiger partial charge in [0.15, 0.2) is 12.1 Å². The van der Waals surface area contributed by atoms with Crippen LogP contribution in [-0.2, 0) is 0 Å². The summed E-state index contributed by atoms with van der Waals surface area (Å²) in [5, 5.41) is 13.2. The van der Waals surface area contributed by atoms with Gasteiger partial charge in [0, 0.05) is 35.8 Å². The highest BCUT2D eigenvalue weighted by molar-refractivity contribution is 6.10. The van der Waals surface area contributed by atoms with Crippen molar-refractivity contribution in [3.8, 4) is 5.88 Å². The molecule has 2 aromatic rings. The Labute approximate surface area is 131 Å². The molecule has 0 radical (unpaired) electrons. The Morgan fingerprint density at radius 3 is 2.74 bits per heavy atom. The van der Waals surface area contributed by atoms with Gasteiger partial charge in [-0.05, 0) is 28.9 Å². The van der Waals surface area contributed by atoms with E-state index in [0.717, 1.165) is 6.21 Å². The summed E-state index contributed by atoms with van der Waals surface area (Å²) >= 11 is 0. The van der Waals surface area contributed by atoms with Crippen molar-refractivity contribution in [3.63, 3.8) is 0 Å². The van der Waals surface area contributed by atoms with Crippen LogP contribution in [0.4, 0.5) is 5.82 Å². The summed E-state index contributed by atoms with van der Waals surface area (Å²) in [7, 11) is 1.47. The lowest BCUT2D eigenvalue weighted by molar-refractivity contribution is 0.112. The van der Waals surface area contributed by atoms with E-state index in [0.29, 0.717) is 29.1 Å². The Morgan fingerprint density at radius 1 is 1.35 bits per heavy atom. The topological polar surface area (TPSA) is 117 Å². The minimum Gasteiger partial charge on any atom is -0.481 e. The van der Waals surface area contributed by atoms with Crippen LogP contribution in [0, 0.1) is 10.3 Å². The van der Waals surface area contributed by atoms with Gasteiger partial charge < -0.3 is 15.5 Å². The van der Waals surface area contributed by atoms with Crippen molar-refractivity contribution in [2.24, 2.45) is 5.18 Å². The van der Waals surface area contributed by atoms with Crippen LogP contribution in [0.3, 0.4) is 0 Å². The number of nitrogens with one attached hydrogen (secondary N) is 2. The molecular formula is C15H13N5O3. The molecule has 0 aliphatic carbocycles. The lowest BCUT2D eigenvalue weighted by Gasteiger charge is -2.09. The summed E-state index contributed by atoms with van der Waals surface area (Å²) in [6, 6.07) is 6.28. The van der Waals surface area contributed by atoms with E-state index in [9.17, 15) is 9.70 Å². The largest absolute Gasteiger partial charge is 0.481 e. The van der Waals surface area contributed by atoms with E-state index in [1.54, 1.807) is 18.2 Å². The second-order valence-corrected chi connectivity index (χ2v) is 4.30. The van der Waals surface area contributed by atoms with E-state index >= 15 is 0 Å². The van der Waals surface area contributed by atoms with Crippen molar-refractivity contribution in [1.82, 2.24) is 9.97 Å². The van der Waals surface area contributed by atoms with E-state index in [4.69, 9.17) is 10.1 Å². The number of hydrogen-bond donors (Lipinski definition) is 2. The summed E-state index contributed by atoms with van der Waals surface area (Å²) < 4.78 is 5.02. The molecule has 8 nitrogen and oxygen atoms in total. The van der Waals surface area contributed by atoms with Crippen LogP contribution in [0.5, 0.6) is 5.88 Å². The first-order valence-electron chi connectivity index (χ1n) is 6.48. The van der Waals surface area contributed by atoms with Gasteiger partial charge in [0.2, 0.25) is 5.88 Å². The van der Waals surface area contributed by atoms with Crippen LogP contribution >= 0.6 is 0 Å². The van der Waals surface area contributed by atoms with Gasteiger partial charge in [-0.15, -0.1) is 4.91 Å². The van der Waals surface area contributed by atoms with Crippen molar-refractivity contribution >= 4 is 23.9 Å². The average Bonchev–Trinajstić information content (AvgIpc) is 2.62. The van der Waals surface area contributed by atoms with Gasteiger partial charge in [0.05, 0.1) is 7.11 Å². The van der Waals surface area contributed by atoms with Crippen LogP contribution < -0.4 is 10.1 Å². The number of methoxy groups -OCH3 is 1. The maximum Gasteiger partial charge on any atom is 0.213 e. The molecule has 8 heteroatoms.